The summed E-state index contributed by atoms with van der Waals surface area (Å²) in [5.41, 5.74) is 2.17. The monoisotopic (exact) mass is 341 g/mol. The fourth-order valence-corrected chi connectivity index (χ4v) is 3.29. The zero-order chi connectivity index (χ0) is 18.0. The van der Waals surface area contributed by atoms with Crippen LogP contribution >= 0.6 is 0 Å². The number of fused-ring (bicyclic) bond motifs is 1. The first-order valence-electron chi connectivity index (χ1n) is 7.88. The number of nitrogens with one attached hydrogen (secondary N) is 1. The molecule has 2 aromatic carbocycles. The summed E-state index contributed by atoms with van der Waals surface area (Å²) >= 11 is 0. The quantitative estimate of drug-likeness (QED) is 0.844. The highest BCUT2D eigenvalue weighted by molar-refractivity contribution is 5.99. The topological polar surface area (TPSA) is 84.9 Å². The lowest BCUT2D eigenvalue weighted by atomic mass is 9.85. The standard InChI is InChI=1S/C19H19NO5/c1-24-15-8-7-11(9-16(15)25-2)14(10-17(21)22)18-12-5-3-4-6-13(12)19(23)20-18/h3-9,14,18H,10H2,1-2H3,(H,20,23)(H,21,22). The van der Waals surface area contributed by atoms with Gasteiger partial charge in [-0.05, 0) is 29.3 Å². The number of aliphatic carboxylic acids is 1. The lowest BCUT2D eigenvalue weighted by molar-refractivity contribution is -0.137. The fourth-order valence-electron chi connectivity index (χ4n) is 3.29. The summed E-state index contributed by atoms with van der Waals surface area (Å²) in [5.74, 6) is -0.455. The molecule has 1 aliphatic rings. The molecule has 2 aromatic rings. The number of carboxylic acids is 1. The number of carboxylic acid groups (broad SMARTS) is 1. The highest BCUT2D eigenvalue weighted by atomic mass is 16.5. The highest BCUT2D eigenvalue weighted by Crippen LogP contribution is 2.41. The average Bonchev–Trinajstić information content (AvgIpc) is 2.96. The van der Waals surface area contributed by atoms with Gasteiger partial charge in [0.2, 0.25) is 0 Å². The maximum atomic E-state index is 12.2. The van der Waals surface area contributed by atoms with Crippen LogP contribution in [0.3, 0.4) is 0 Å². The van der Waals surface area contributed by atoms with Gasteiger partial charge in [0, 0.05) is 11.5 Å². The number of benzene rings is 2. The molecule has 2 unspecified atom stereocenters. The lowest BCUT2D eigenvalue weighted by Gasteiger charge is -2.24. The van der Waals surface area contributed by atoms with E-state index in [9.17, 15) is 14.7 Å². The van der Waals surface area contributed by atoms with E-state index in [-0.39, 0.29) is 12.3 Å². The minimum atomic E-state index is -0.932. The van der Waals surface area contributed by atoms with Crippen molar-refractivity contribution in [3.8, 4) is 11.5 Å². The Morgan fingerprint density at radius 3 is 2.56 bits per heavy atom. The van der Waals surface area contributed by atoms with E-state index in [2.05, 4.69) is 5.32 Å². The second-order valence-electron chi connectivity index (χ2n) is 5.86. The van der Waals surface area contributed by atoms with Gasteiger partial charge in [-0.15, -0.1) is 0 Å². The molecular weight excluding hydrogens is 322 g/mol. The molecule has 1 aliphatic heterocycles. The second-order valence-corrected chi connectivity index (χ2v) is 5.86. The number of hydrogen-bond acceptors (Lipinski definition) is 4. The van der Waals surface area contributed by atoms with E-state index < -0.39 is 17.9 Å². The van der Waals surface area contributed by atoms with Crippen LogP contribution in [0.2, 0.25) is 0 Å². The number of ether oxygens (including phenoxy) is 2. The lowest BCUT2D eigenvalue weighted by Crippen LogP contribution is -2.26. The third-order valence-electron chi connectivity index (χ3n) is 4.46. The van der Waals surface area contributed by atoms with Crippen LogP contribution in [0.5, 0.6) is 11.5 Å². The number of carbonyl (C=O) groups excluding carboxylic acids is 1. The van der Waals surface area contributed by atoms with Crippen LogP contribution in [0.15, 0.2) is 42.5 Å². The summed E-state index contributed by atoms with van der Waals surface area (Å²) in [6, 6.07) is 12.2. The van der Waals surface area contributed by atoms with Crippen molar-refractivity contribution >= 4 is 11.9 Å². The molecule has 130 valence electrons. The Hall–Kier alpha value is -3.02. The average molecular weight is 341 g/mol. The molecule has 0 fully saturated rings. The minimum Gasteiger partial charge on any atom is -0.493 e. The van der Waals surface area contributed by atoms with E-state index in [0.717, 1.165) is 11.1 Å². The molecule has 0 aromatic heterocycles. The van der Waals surface area contributed by atoms with Crippen LogP contribution in [-0.2, 0) is 4.79 Å². The third-order valence-corrected chi connectivity index (χ3v) is 4.46. The fraction of sp³-hybridized carbons (Fsp3) is 0.263. The maximum Gasteiger partial charge on any atom is 0.304 e. The van der Waals surface area contributed by atoms with Crippen LogP contribution in [0.25, 0.3) is 0 Å². The Bertz CT molecular complexity index is 817. The van der Waals surface area contributed by atoms with Crippen molar-refractivity contribution in [2.45, 2.75) is 18.4 Å². The predicted molar refractivity (Wildman–Crippen MR) is 91.2 cm³/mol. The number of methoxy groups -OCH3 is 2. The summed E-state index contributed by atoms with van der Waals surface area (Å²) in [6.45, 7) is 0. The molecule has 6 heteroatoms. The highest BCUT2D eigenvalue weighted by Gasteiger charge is 2.36. The van der Waals surface area contributed by atoms with Gasteiger partial charge in [0.1, 0.15) is 0 Å². The van der Waals surface area contributed by atoms with Gasteiger partial charge < -0.3 is 19.9 Å². The molecule has 2 N–H and O–H groups in total. The summed E-state index contributed by atoms with van der Waals surface area (Å²) in [6.07, 6.45) is -0.116. The third kappa shape index (κ3) is 3.15. The minimum absolute atomic E-state index is 0.116. The molecule has 0 spiro atoms. The van der Waals surface area contributed by atoms with Crippen molar-refractivity contribution in [1.29, 1.82) is 0 Å². The Kier molecular flexibility index (Phi) is 4.61. The molecule has 1 amide bonds. The smallest absolute Gasteiger partial charge is 0.304 e. The van der Waals surface area contributed by atoms with E-state index in [4.69, 9.17) is 9.47 Å². The first kappa shape index (κ1) is 16.8. The largest absolute Gasteiger partial charge is 0.493 e. The Morgan fingerprint density at radius 2 is 1.88 bits per heavy atom. The number of rotatable bonds is 6. The van der Waals surface area contributed by atoms with Gasteiger partial charge in [0.25, 0.3) is 5.91 Å². The summed E-state index contributed by atoms with van der Waals surface area (Å²) in [4.78, 5) is 23.7. The maximum absolute atomic E-state index is 12.2. The van der Waals surface area contributed by atoms with E-state index in [1.165, 1.54) is 7.11 Å². The van der Waals surface area contributed by atoms with Crippen molar-refractivity contribution in [2.75, 3.05) is 14.2 Å². The van der Waals surface area contributed by atoms with Crippen molar-refractivity contribution in [1.82, 2.24) is 5.32 Å². The van der Waals surface area contributed by atoms with Gasteiger partial charge >= 0.3 is 5.97 Å². The van der Waals surface area contributed by atoms with E-state index >= 15 is 0 Å². The Balaban J connectivity index is 2.05. The zero-order valence-electron chi connectivity index (χ0n) is 14.0. The molecule has 2 atom stereocenters. The molecule has 0 bridgehead atoms. The van der Waals surface area contributed by atoms with Crippen molar-refractivity contribution in [2.24, 2.45) is 0 Å². The first-order valence-corrected chi connectivity index (χ1v) is 7.88. The van der Waals surface area contributed by atoms with Gasteiger partial charge in [0.15, 0.2) is 11.5 Å². The molecule has 25 heavy (non-hydrogen) atoms. The predicted octanol–water partition coefficient (Wildman–Crippen LogP) is 2.75. The van der Waals surface area contributed by atoms with Crippen molar-refractivity contribution in [3.05, 3.63) is 59.2 Å². The molecule has 0 saturated carbocycles. The molecule has 1 heterocycles. The van der Waals surface area contributed by atoms with Crippen LogP contribution < -0.4 is 14.8 Å². The molecule has 6 nitrogen and oxygen atoms in total. The van der Waals surface area contributed by atoms with Crippen molar-refractivity contribution in [3.63, 3.8) is 0 Å². The number of hydrogen-bond donors (Lipinski definition) is 2. The van der Waals surface area contributed by atoms with Gasteiger partial charge in [-0.2, -0.15) is 0 Å². The van der Waals surface area contributed by atoms with Gasteiger partial charge in [-0.25, -0.2) is 0 Å². The van der Waals surface area contributed by atoms with Crippen LogP contribution in [0.1, 0.15) is 39.9 Å². The molecule has 0 aliphatic carbocycles. The van der Waals surface area contributed by atoms with E-state index in [1.807, 2.05) is 18.2 Å². The van der Waals surface area contributed by atoms with Crippen molar-refractivity contribution < 1.29 is 24.2 Å². The van der Waals surface area contributed by atoms with Gasteiger partial charge in [0.05, 0.1) is 26.7 Å². The van der Waals surface area contributed by atoms with Gasteiger partial charge in [-0.3, -0.25) is 9.59 Å². The molecule has 3 rings (SSSR count). The number of carbonyl (C=O) groups is 2. The van der Waals surface area contributed by atoms with Crippen LogP contribution in [0, 0.1) is 0 Å². The number of amides is 1. The Labute approximate surface area is 145 Å². The van der Waals surface area contributed by atoms with E-state index in [0.29, 0.717) is 17.1 Å². The molecule has 0 radical (unpaired) electrons. The second kappa shape index (κ2) is 6.84. The van der Waals surface area contributed by atoms with Gasteiger partial charge in [-0.1, -0.05) is 24.3 Å². The summed E-state index contributed by atoms with van der Waals surface area (Å²) < 4.78 is 10.6. The first-order chi connectivity index (χ1) is 12.0. The normalized spacial score (nSPS) is 16.7. The molecular formula is C19H19NO5. The zero-order valence-corrected chi connectivity index (χ0v) is 14.0. The Morgan fingerprint density at radius 1 is 1.16 bits per heavy atom. The summed E-state index contributed by atoms with van der Waals surface area (Å²) in [7, 11) is 3.07. The van der Waals surface area contributed by atoms with Crippen LogP contribution in [-0.4, -0.2) is 31.2 Å². The van der Waals surface area contributed by atoms with E-state index in [1.54, 1.807) is 31.4 Å². The van der Waals surface area contributed by atoms with Crippen LogP contribution in [0.4, 0.5) is 0 Å². The summed E-state index contributed by atoms with van der Waals surface area (Å²) in [5, 5.41) is 12.3. The molecule has 0 saturated heterocycles. The SMILES string of the molecule is COc1ccc(C(CC(=O)O)C2NC(=O)c3ccccc32)cc1OC.